The number of benzene rings is 1. The fourth-order valence-corrected chi connectivity index (χ4v) is 2.32. The summed E-state index contributed by atoms with van der Waals surface area (Å²) in [6.45, 7) is 1.78. The number of hydrogen-bond donors (Lipinski definition) is 1. The van der Waals surface area contributed by atoms with Crippen LogP contribution in [0.1, 0.15) is 24.4 Å². The maximum atomic E-state index is 5.69. The minimum Gasteiger partial charge on any atom is -0.477 e. The molecule has 1 fully saturated rings. The fraction of sp³-hybridized carbons (Fsp3) is 0.462. The van der Waals surface area contributed by atoms with Crippen LogP contribution in [0.5, 0.6) is 0 Å². The van der Waals surface area contributed by atoms with Crippen LogP contribution >= 0.6 is 0 Å². The zero-order valence-electron chi connectivity index (χ0n) is 9.23. The third-order valence-electron chi connectivity index (χ3n) is 3.21. The van der Waals surface area contributed by atoms with Crippen molar-refractivity contribution in [1.82, 2.24) is 5.32 Å². The Balaban J connectivity index is 1.75. The molecule has 3 rings (SSSR count). The third-order valence-corrected chi connectivity index (χ3v) is 3.21. The Morgan fingerprint density at radius 2 is 2.12 bits per heavy atom. The Hall–Kier alpha value is -1.35. The first-order chi connectivity index (χ1) is 7.93. The first-order valence-electron chi connectivity index (χ1n) is 5.92. The predicted octanol–water partition coefficient (Wildman–Crippen LogP) is 1.91. The van der Waals surface area contributed by atoms with Crippen LogP contribution < -0.4 is 5.32 Å². The molecule has 0 radical (unpaired) electrons. The minimum atomic E-state index is 0.193. The molecule has 2 aliphatic rings. The summed E-state index contributed by atoms with van der Waals surface area (Å²) in [5.41, 5.74) is 1.25. The van der Waals surface area contributed by atoms with E-state index in [0.717, 1.165) is 18.9 Å². The SMILES string of the molecule is c1ccc([C@H]2COC([C@@H]3CCCN3)=N2)cc1. The molecule has 0 bridgehead atoms. The van der Waals surface area contributed by atoms with Crippen LogP contribution in [0, 0.1) is 0 Å². The number of hydrogen-bond acceptors (Lipinski definition) is 3. The lowest BCUT2D eigenvalue weighted by Crippen LogP contribution is -2.30. The van der Waals surface area contributed by atoms with E-state index in [2.05, 4.69) is 34.6 Å². The second-order valence-electron chi connectivity index (χ2n) is 4.35. The molecule has 2 aliphatic heterocycles. The van der Waals surface area contributed by atoms with Crippen LogP contribution in [-0.4, -0.2) is 25.1 Å². The Bertz CT molecular complexity index is 382. The van der Waals surface area contributed by atoms with Gasteiger partial charge in [0.1, 0.15) is 12.6 Å². The monoisotopic (exact) mass is 216 g/mol. The highest BCUT2D eigenvalue weighted by molar-refractivity contribution is 5.83. The Morgan fingerprint density at radius 3 is 2.88 bits per heavy atom. The standard InChI is InChI=1S/C13H16N2O/c1-2-5-10(6-3-1)12-9-16-13(15-12)11-7-4-8-14-11/h1-3,5-6,11-12,14H,4,7-9H2/t11-,12+/m0/s1. The number of nitrogens with zero attached hydrogens (tertiary/aromatic N) is 1. The van der Waals surface area contributed by atoms with Crippen molar-refractivity contribution in [1.29, 1.82) is 0 Å². The highest BCUT2D eigenvalue weighted by atomic mass is 16.5. The second-order valence-corrected chi connectivity index (χ2v) is 4.35. The van der Waals surface area contributed by atoms with E-state index in [0.29, 0.717) is 12.6 Å². The van der Waals surface area contributed by atoms with Crippen LogP contribution in [0.4, 0.5) is 0 Å². The first kappa shape index (κ1) is 9.85. The molecule has 1 N–H and O–H groups in total. The van der Waals surface area contributed by atoms with Crippen LogP contribution in [-0.2, 0) is 4.74 Å². The Labute approximate surface area is 95.5 Å². The zero-order valence-corrected chi connectivity index (χ0v) is 9.23. The molecule has 1 aromatic rings. The number of aliphatic imine (C=N–C) groups is 1. The summed E-state index contributed by atoms with van der Waals surface area (Å²) in [4.78, 5) is 4.67. The number of ether oxygens (including phenoxy) is 1. The summed E-state index contributed by atoms with van der Waals surface area (Å²) in [6.07, 6.45) is 2.38. The average Bonchev–Trinajstić information content (AvgIpc) is 3.01. The van der Waals surface area contributed by atoms with Crippen molar-refractivity contribution in [2.24, 2.45) is 4.99 Å². The lowest BCUT2D eigenvalue weighted by molar-refractivity contribution is 0.304. The van der Waals surface area contributed by atoms with Gasteiger partial charge in [0.2, 0.25) is 5.90 Å². The van der Waals surface area contributed by atoms with Gasteiger partial charge in [0.05, 0.1) is 6.04 Å². The minimum absolute atomic E-state index is 0.193. The third kappa shape index (κ3) is 1.83. The van der Waals surface area contributed by atoms with Gasteiger partial charge in [-0.25, -0.2) is 4.99 Å². The molecule has 0 amide bonds. The van der Waals surface area contributed by atoms with E-state index >= 15 is 0 Å². The lowest BCUT2D eigenvalue weighted by atomic mass is 10.1. The molecule has 2 atom stereocenters. The van der Waals surface area contributed by atoms with Crippen molar-refractivity contribution < 1.29 is 4.74 Å². The van der Waals surface area contributed by atoms with Gasteiger partial charge < -0.3 is 10.1 Å². The maximum absolute atomic E-state index is 5.69. The molecular weight excluding hydrogens is 200 g/mol. The molecule has 3 nitrogen and oxygen atoms in total. The number of nitrogens with one attached hydrogen (secondary N) is 1. The molecule has 0 aliphatic carbocycles. The van der Waals surface area contributed by atoms with Gasteiger partial charge in [0.25, 0.3) is 0 Å². The molecule has 0 unspecified atom stereocenters. The summed E-state index contributed by atoms with van der Waals surface area (Å²) >= 11 is 0. The van der Waals surface area contributed by atoms with Crippen LogP contribution in [0.2, 0.25) is 0 Å². The van der Waals surface area contributed by atoms with Crippen molar-refractivity contribution in [2.75, 3.05) is 13.2 Å². The highest BCUT2D eigenvalue weighted by Crippen LogP contribution is 2.24. The summed E-state index contributed by atoms with van der Waals surface area (Å²) in [5.74, 6) is 0.909. The van der Waals surface area contributed by atoms with Crippen molar-refractivity contribution in [3.8, 4) is 0 Å². The van der Waals surface area contributed by atoms with Crippen molar-refractivity contribution in [2.45, 2.75) is 24.9 Å². The van der Waals surface area contributed by atoms with Gasteiger partial charge in [-0.15, -0.1) is 0 Å². The smallest absolute Gasteiger partial charge is 0.201 e. The van der Waals surface area contributed by atoms with E-state index in [1.54, 1.807) is 0 Å². The maximum Gasteiger partial charge on any atom is 0.201 e. The predicted molar refractivity (Wildman–Crippen MR) is 63.6 cm³/mol. The Kier molecular flexibility index (Phi) is 2.62. The van der Waals surface area contributed by atoms with Gasteiger partial charge >= 0.3 is 0 Å². The topological polar surface area (TPSA) is 33.6 Å². The molecular formula is C13H16N2O. The molecule has 2 heterocycles. The van der Waals surface area contributed by atoms with Gasteiger partial charge in [-0.05, 0) is 24.9 Å². The van der Waals surface area contributed by atoms with E-state index in [1.807, 2.05) is 6.07 Å². The molecule has 0 aromatic heterocycles. The molecule has 0 spiro atoms. The molecule has 1 saturated heterocycles. The largest absolute Gasteiger partial charge is 0.477 e. The molecule has 0 saturated carbocycles. The average molecular weight is 216 g/mol. The zero-order chi connectivity index (χ0) is 10.8. The van der Waals surface area contributed by atoms with E-state index in [9.17, 15) is 0 Å². The van der Waals surface area contributed by atoms with Crippen molar-refractivity contribution >= 4 is 5.90 Å². The molecule has 84 valence electrons. The summed E-state index contributed by atoms with van der Waals surface area (Å²) in [7, 11) is 0. The molecule has 16 heavy (non-hydrogen) atoms. The van der Waals surface area contributed by atoms with E-state index in [4.69, 9.17) is 4.74 Å². The van der Waals surface area contributed by atoms with Crippen LogP contribution in [0.25, 0.3) is 0 Å². The normalized spacial score (nSPS) is 28.9. The van der Waals surface area contributed by atoms with Crippen LogP contribution in [0.15, 0.2) is 35.3 Å². The van der Waals surface area contributed by atoms with Crippen LogP contribution in [0.3, 0.4) is 0 Å². The molecule has 1 aromatic carbocycles. The van der Waals surface area contributed by atoms with E-state index in [1.165, 1.54) is 12.0 Å². The summed E-state index contributed by atoms with van der Waals surface area (Å²) in [5, 5.41) is 3.41. The highest BCUT2D eigenvalue weighted by Gasteiger charge is 2.28. The summed E-state index contributed by atoms with van der Waals surface area (Å²) < 4.78 is 5.69. The quantitative estimate of drug-likeness (QED) is 0.819. The number of rotatable bonds is 2. The second kappa shape index (κ2) is 4.26. The lowest BCUT2D eigenvalue weighted by Gasteiger charge is -2.08. The van der Waals surface area contributed by atoms with Gasteiger partial charge in [0.15, 0.2) is 0 Å². The fourth-order valence-electron chi connectivity index (χ4n) is 2.32. The van der Waals surface area contributed by atoms with Crippen molar-refractivity contribution in [3.05, 3.63) is 35.9 Å². The Morgan fingerprint density at radius 1 is 1.25 bits per heavy atom. The van der Waals surface area contributed by atoms with E-state index in [-0.39, 0.29) is 6.04 Å². The van der Waals surface area contributed by atoms with E-state index < -0.39 is 0 Å². The van der Waals surface area contributed by atoms with Crippen molar-refractivity contribution in [3.63, 3.8) is 0 Å². The summed E-state index contributed by atoms with van der Waals surface area (Å²) in [6, 6.07) is 10.9. The van der Waals surface area contributed by atoms with Gasteiger partial charge in [-0.1, -0.05) is 30.3 Å². The van der Waals surface area contributed by atoms with Gasteiger partial charge in [-0.2, -0.15) is 0 Å². The molecule has 3 heteroatoms. The first-order valence-corrected chi connectivity index (χ1v) is 5.92. The van der Waals surface area contributed by atoms with Gasteiger partial charge in [0, 0.05) is 0 Å². The van der Waals surface area contributed by atoms with Gasteiger partial charge in [-0.3, -0.25) is 0 Å².